The second kappa shape index (κ2) is 4.43. The highest BCUT2D eigenvalue weighted by molar-refractivity contribution is 14.1. The maximum atomic E-state index is 12.3. The summed E-state index contributed by atoms with van der Waals surface area (Å²) in [6.07, 6.45) is -1.84. The molecule has 0 saturated heterocycles. The first-order valence-corrected chi connectivity index (χ1v) is 5.08. The zero-order valence-corrected chi connectivity index (χ0v) is 10.1. The molecule has 0 amide bonds. The molecule has 0 unspecified atom stereocenters. The summed E-state index contributed by atoms with van der Waals surface area (Å²) in [4.78, 5) is 13.2. The summed E-state index contributed by atoms with van der Waals surface area (Å²) < 4.78 is 24.5. The molecule has 8 heteroatoms. The number of alkyl halides is 2. The number of nitro groups is 1. The zero-order chi connectivity index (χ0) is 10.9. The minimum atomic E-state index is -2.76. The Balaban J connectivity index is 3.41. The van der Waals surface area contributed by atoms with Crippen LogP contribution >= 0.6 is 38.5 Å². The molecule has 0 aromatic carbocycles. The van der Waals surface area contributed by atoms with Crippen molar-refractivity contribution in [2.45, 2.75) is 6.43 Å². The molecular weight excluding hydrogens is 377 g/mol. The van der Waals surface area contributed by atoms with Gasteiger partial charge in [0.05, 0.1) is 10.5 Å². The van der Waals surface area contributed by atoms with Crippen LogP contribution in [0.1, 0.15) is 12.0 Å². The fourth-order valence-corrected chi connectivity index (χ4v) is 2.42. The molecule has 0 bridgehead atoms. The summed E-state index contributed by atoms with van der Waals surface area (Å²) in [5.74, 6) is 0. The third kappa shape index (κ3) is 2.16. The molecule has 14 heavy (non-hydrogen) atoms. The maximum absolute atomic E-state index is 12.3. The smallest absolute Gasteiger partial charge is 0.258 e. The second-order valence-electron chi connectivity index (χ2n) is 2.22. The van der Waals surface area contributed by atoms with Crippen molar-refractivity contribution in [1.29, 1.82) is 0 Å². The number of halogens is 4. The normalized spacial score (nSPS) is 10.6. The zero-order valence-electron chi connectivity index (χ0n) is 6.38. The van der Waals surface area contributed by atoms with E-state index in [9.17, 15) is 18.9 Å². The van der Waals surface area contributed by atoms with Crippen molar-refractivity contribution in [1.82, 2.24) is 4.98 Å². The molecule has 1 rings (SSSR count). The van der Waals surface area contributed by atoms with Gasteiger partial charge in [0.2, 0.25) is 0 Å². The molecule has 0 saturated carbocycles. The molecule has 0 aliphatic carbocycles. The van der Waals surface area contributed by atoms with Gasteiger partial charge in [-0.15, -0.1) is 0 Å². The summed E-state index contributed by atoms with van der Waals surface area (Å²) in [5.41, 5.74) is -0.857. The number of hydrogen-bond donors (Lipinski definition) is 0. The van der Waals surface area contributed by atoms with Crippen molar-refractivity contribution in [3.63, 3.8) is 0 Å². The van der Waals surface area contributed by atoms with Crippen LogP contribution in [0.25, 0.3) is 0 Å². The van der Waals surface area contributed by atoms with Crippen LogP contribution < -0.4 is 0 Å². The monoisotopic (exact) mass is 378 g/mol. The predicted molar refractivity (Wildman–Crippen MR) is 56.3 cm³/mol. The van der Waals surface area contributed by atoms with E-state index in [1.807, 2.05) is 0 Å². The van der Waals surface area contributed by atoms with Gasteiger partial charge < -0.3 is 0 Å². The van der Waals surface area contributed by atoms with E-state index >= 15 is 0 Å². The molecule has 1 aromatic rings. The van der Waals surface area contributed by atoms with Crippen LogP contribution in [0.15, 0.2) is 10.8 Å². The number of rotatable bonds is 2. The highest BCUT2D eigenvalue weighted by Crippen LogP contribution is 2.34. The SMILES string of the molecule is O=[N+]([O-])c1c(Br)ncc(C(F)F)c1I. The van der Waals surface area contributed by atoms with Crippen molar-refractivity contribution in [2.75, 3.05) is 0 Å². The third-order valence-electron chi connectivity index (χ3n) is 1.39. The molecule has 76 valence electrons. The van der Waals surface area contributed by atoms with Crippen LogP contribution in [0.4, 0.5) is 14.5 Å². The third-order valence-corrected chi connectivity index (χ3v) is 3.11. The standard InChI is InChI=1S/C6H2BrF2IN2O2/c7-5-4(12(13)14)3(10)2(1-11-5)6(8)9/h1,6H. The van der Waals surface area contributed by atoms with Crippen LogP contribution in [-0.2, 0) is 0 Å². The van der Waals surface area contributed by atoms with E-state index in [-0.39, 0.29) is 8.17 Å². The molecule has 0 N–H and O–H groups in total. The molecule has 1 heterocycles. The quantitative estimate of drug-likeness (QED) is 0.343. The lowest BCUT2D eigenvalue weighted by atomic mass is 10.3. The Labute approximate surface area is 99.1 Å². The molecule has 4 nitrogen and oxygen atoms in total. The molecule has 0 fully saturated rings. The minimum Gasteiger partial charge on any atom is -0.258 e. The van der Waals surface area contributed by atoms with Crippen molar-refractivity contribution in [3.05, 3.63) is 30.0 Å². The van der Waals surface area contributed by atoms with Gasteiger partial charge >= 0.3 is 5.69 Å². The Morgan fingerprint density at radius 3 is 2.64 bits per heavy atom. The summed E-state index contributed by atoms with van der Waals surface area (Å²) >= 11 is 4.33. The van der Waals surface area contributed by atoms with E-state index in [1.165, 1.54) is 22.6 Å². The van der Waals surface area contributed by atoms with Crippen molar-refractivity contribution < 1.29 is 13.7 Å². The summed E-state index contributed by atoms with van der Waals surface area (Å²) in [7, 11) is 0. The first-order valence-electron chi connectivity index (χ1n) is 3.21. The van der Waals surface area contributed by atoms with E-state index in [4.69, 9.17) is 0 Å². The van der Waals surface area contributed by atoms with Crippen molar-refractivity contribution >= 4 is 44.2 Å². The molecule has 0 atom stereocenters. The maximum Gasteiger partial charge on any atom is 0.315 e. The summed E-state index contributed by atoms with van der Waals surface area (Å²) in [5, 5.41) is 10.5. The van der Waals surface area contributed by atoms with E-state index < -0.39 is 22.6 Å². The second-order valence-corrected chi connectivity index (χ2v) is 4.05. The van der Waals surface area contributed by atoms with Crippen LogP contribution in [0.3, 0.4) is 0 Å². The van der Waals surface area contributed by atoms with Gasteiger partial charge in [0.1, 0.15) is 3.57 Å². The number of aromatic nitrogens is 1. The molecular formula is C6H2BrF2IN2O2. The van der Waals surface area contributed by atoms with Crippen LogP contribution in [-0.4, -0.2) is 9.91 Å². The number of pyridine rings is 1. The Bertz CT molecular complexity index is 388. The van der Waals surface area contributed by atoms with E-state index in [1.54, 1.807) is 0 Å². The molecule has 0 radical (unpaired) electrons. The average Bonchev–Trinajstić information content (AvgIpc) is 2.02. The van der Waals surface area contributed by atoms with Gasteiger partial charge in [-0.1, -0.05) is 0 Å². The first kappa shape index (κ1) is 11.7. The molecule has 0 aliphatic heterocycles. The molecule has 0 aliphatic rings. The Morgan fingerprint density at radius 1 is 1.64 bits per heavy atom. The van der Waals surface area contributed by atoms with Gasteiger partial charge in [0, 0.05) is 6.20 Å². The lowest BCUT2D eigenvalue weighted by Crippen LogP contribution is -2.00. The highest BCUT2D eigenvalue weighted by atomic mass is 127. The Hall–Kier alpha value is -0.380. The average molecular weight is 379 g/mol. The van der Waals surface area contributed by atoms with Crippen LogP contribution in [0, 0.1) is 13.7 Å². The van der Waals surface area contributed by atoms with Gasteiger partial charge in [0.15, 0.2) is 4.60 Å². The van der Waals surface area contributed by atoms with E-state index in [2.05, 4.69) is 20.9 Å². The lowest BCUT2D eigenvalue weighted by molar-refractivity contribution is -0.387. The van der Waals surface area contributed by atoms with Gasteiger partial charge in [-0.25, -0.2) is 13.8 Å². The van der Waals surface area contributed by atoms with Crippen molar-refractivity contribution in [2.24, 2.45) is 0 Å². The van der Waals surface area contributed by atoms with Gasteiger partial charge in [0.25, 0.3) is 6.43 Å². The van der Waals surface area contributed by atoms with Crippen LogP contribution in [0.5, 0.6) is 0 Å². The van der Waals surface area contributed by atoms with Crippen molar-refractivity contribution in [3.8, 4) is 0 Å². The van der Waals surface area contributed by atoms with Gasteiger partial charge in [-0.3, -0.25) is 10.1 Å². The Morgan fingerprint density at radius 2 is 2.21 bits per heavy atom. The Kier molecular flexibility index (Phi) is 3.70. The predicted octanol–water partition coefficient (Wildman–Crippen LogP) is 3.29. The summed E-state index contributed by atoms with van der Waals surface area (Å²) in [6.45, 7) is 0. The highest BCUT2D eigenvalue weighted by Gasteiger charge is 2.25. The van der Waals surface area contributed by atoms with Gasteiger partial charge in [-0.05, 0) is 38.5 Å². The fourth-order valence-electron chi connectivity index (χ4n) is 0.779. The van der Waals surface area contributed by atoms with Crippen LogP contribution in [0.2, 0.25) is 0 Å². The number of hydrogen-bond acceptors (Lipinski definition) is 3. The largest absolute Gasteiger partial charge is 0.315 e. The molecule has 0 spiro atoms. The first-order chi connectivity index (χ1) is 6.45. The topological polar surface area (TPSA) is 56.0 Å². The fraction of sp³-hybridized carbons (Fsp3) is 0.167. The van der Waals surface area contributed by atoms with E-state index in [0.29, 0.717) is 0 Å². The van der Waals surface area contributed by atoms with E-state index in [0.717, 1.165) is 6.20 Å². The summed E-state index contributed by atoms with van der Waals surface area (Å²) in [6, 6.07) is 0. The lowest BCUT2D eigenvalue weighted by Gasteiger charge is -2.03. The van der Waals surface area contributed by atoms with Gasteiger partial charge in [-0.2, -0.15) is 0 Å². The molecule has 1 aromatic heterocycles. The minimum absolute atomic E-state index is 0.0451. The number of nitrogens with zero attached hydrogens (tertiary/aromatic N) is 2.